The maximum Gasteiger partial charge on any atom is 0.162 e. The highest BCUT2D eigenvalue weighted by Gasteiger charge is 2.06. The molecule has 0 fully saturated rings. The Labute approximate surface area is 85.0 Å². The van der Waals surface area contributed by atoms with E-state index in [9.17, 15) is 9.18 Å². The van der Waals surface area contributed by atoms with Crippen LogP contribution in [0.5, 0.6) is 0 Å². The second kappa shape index (κ2) is 6.30. The predicted molar refractivity (Wildman–Crippen MR) is 57.1 cm³/mol. The summed E-state index contributed by atoms with van der Waals surface area (Å²) in [5.74, 6) is -0.229. The van der Waals surface area contributed by atoms with Crippen molar-refractivity contribution in [3.05, 3.63) is 35.1 Å². The van der Waals surface area contributed by atoms with Gasteiger partial charge in [-0.15, -0.1) is 0 Å². The molecule has 78 valence electrons. The van der Waals surface area contributed by atoms with Crippen LogP contribution in [0.4, 0.5) is 4.39 Å². The first-order valence-corrected chi connectivity index (χ1v) is 4.94. The third kappa shape index (κ3) is 3.29. The Morgan fingerprint density at radius 1 is 1.36 bits per heavy atom. The van der Waals surface area contributed by atoms with E-state index in [1.165, 1.54) is 18.2 Å². The average molecular weight is 196 g/mol. The van der Waals surface area contributed by atoms with Gasteiger partial charge >= 0.3 is 0 Å². The van der Waals surface area contributed by atoms with Crippen molar-refractivity contribution in [3.63, 3.8) is 0 Å². The van der Waals surface area contributed by atoms with Gasteiger partial charge in [-0.25, -0.2) is 4.39 Å². The third-order valence-corrected chi connectivity index (χ3v) is 1.81. The summed E-state index contributed by atoms with van der Waals surface area (Å²) in [5, 5.41) is 0. The van der Waals surface area contributed by atoms with Gasteiger partial charge in [-0.1, -0.05) is 20.8 Å². The van der Waals surface area contributed by atoms with Gasteiger partial charge in [0.1, 0.15) is 5.82 Å². The number of halogens is 1. The second-order valence-corrected chi connectivity index (χ2v) is 2.74. The minimum absolute atomic E-state index is 0.0625. The van der Waals surface area contributed by atoms with E-state index in [4.69, 9.17) is 0 Å². The monoisotopic (exact) mass is 196 g/mol. The molecule has 0 heterocycles. The lowest BCUT2D eigenvalue weighted by Gasteiger charge is -2.01. The van der Waals surface area contributed by atoms with E-state index < -0.39 is 0 Å². The second-order valence-electron chi connectivity index (χ2n) is 2.74. The van der Waals surface area contributed by atoms with Gasteiger partial charge in [-0.2, -0.15) is 0 Å². The normalized spacial score (nSPS) is 8.93. The Balaban J connectivity index is 0.000000791. The predicted octanol–water partition coefficient (Wildman–Crippen LogP) is 3.75. The largest absolute Gasteiger partial charge is 0.294 e. The highest BCUT2D eigenvalue weighted by atomic mass is 19.1. The summed E-state index contributed by atoms with van der Waals surface area (Å²) in [6.07, 6.45) is 0.465. The molecule has 0 aromatic heterocycles. The van der Waals surface area contributed by atoms with E-state index in [1.807, 2.05) is 13.8 Å². The van der Waals surface area contributed by atoms with Gasteiger partial charge in [0.2, 0.25) is 0 Å². The van der Waals surface area contributed by atoms with Gasteiger partial charge in [0, 0.05) is 12.0 Å². The van der Waals surface area contributed by atoms with Crippen molar-refractivity contribution in [3.8, 4) is 0 Å². The standard InChI is InChI=1S/C10H11FO.C2H6/c1-3-10(12)9-5-4-8(11)6-7(9)2;1-2/h4-6H,3H2,1-2H3;1-2H3. The van der Waals surface area contributed by atoms with Gasteiger partial charge in [0.25, 0.3) is 0 Å². The molecule has 0 aliphatic heterocycles. The fourth-order valence-electron chi connectivity index (χ4n) is 1.13. The average Bonchev–Trinajstić information content (AvgIpc) is 2.20. The summed E-state index contributed by atoms with van der Waals surface area (Å²) in [5.41, 5.74) is 1.33. The topological polar surface area (TPSA) is 17.1 Å². The van der Waals surface area contributed by atoms with Crippen LogP contribution in [-0.2, 0) is 0 Å². The number of hydrogen-bond acceptors (Lipinski definition) is 1. The molecule has 1 rings (SSSR count). The van der Waals surface area contributed by atoms with E-state index >= 15 is 0 Å². The molecule has 0 aliphatic carbocycles. The Hall–Kier alpha value is -1.18. The van der Waals surface area contributed by atoms with E-state index in [2.05, 4.69) is 0 Å². The maximum atomic E-state index is 12.6. The van der Waals surface area contributed by atoms with E-state index in [-0.39, 0.29) is 11.6 Å². The summed E-state index contributed by atoms with van der Waals surface area (Å²) < 4.78 is 12.6. The number of ketones is 1. The fourth-order valence-corrected chi connectivity index (χ4v) is 1.13. The molecule has 14 heavy (non-hydrogen) atoms. The molecule has 0 atom stereocenters. The van der Waals surface area contributed by atoms with Crippen LogP contribution in [0.15, 0.2) is 18.2 Å². The van der Waals surface area contributed by atoms with Crippen LogP contribution in [0.3, 0.4) is 0 Å². The van der Waals surface area contributed by atoms with Crippen molar-refractivity contribution in [2.24, 2.45) is 0 Å². The van der Waals surface area contributed by atoms with E-state index in [0.717, 1.165) is 0 Å². The van der Waals surface area contributed by atoms with Crippen molar-refractivity contribution < 1.29 is 9.18 Å². The lowest BCUT2D eigenvalue weighted by Crippen LogP contribution is -1.99. The van der Waals surface area contributed by atoms with Crippen molar-refractivity contribution in [1.29, 1.82) is 0 Å². The number of Topliss-reactive ketones (excluding diaryl/α,β-unsaturated/α-hetero) is 1. The van der Waals surface area contributed by atoms with Crippen LogP contribution in [0, 0.1) is 12.7 Å². The van der Waals surface area contributed by atoms with Crippen LogP contribution >= 0.6 is 0 Å². The van der Waals surface area contributed by atoms with Crippen molar-refractivity contribution >= 4 is 5.78 Å². The molecule has 1 nitrogen and oxygen atoms in total. The van der Waals surface area contributed by atoms with Crippen LogP contribution in [0.2, 0.25) is 0 Å². The summed E-state index contributed by atoms with van der Waals surface area (Å²) in [7, 11) is 0. The van der Waals surface area contributed by atoms with Gasteiger partial charge in [0.15, 0.2) is 5.78 Å². The smallest absolute Gasteiger partial charge is 0.162 e. The number of rotatable bonds is 2. The molecule has 1 aromatic carbocycles. The molecule has 0 radical (unpaired) electrons. The lowest BCUT2D eigenvalue weighted by atomic mass is 10.0. The zero-order chi connectivity index (χ0) is 11.1. The van der Waals surface area contributed by atoms with Crippen molar-refractivity contribution in [2.45, 2.75) is 34.1 Å². The Morgan fingerprint density at radius 2 is 1.93 bits per heavy atom. The third-order valence-electron chi connectivity index (χ3n) is 1.81. The molecule has 0 spiro atoms. The van der Waals surface area contributed by atoms with E-state index in [0.29, 0.717) is 17.5 Å². The zero-order valence-electron chi connectivity index (χ0n) is 9.23. The van der Waals surface area contributed by atoms with Crippen LogP contribution < -0.4 is 0 Å². The Bertz CT molecular complexity index is 305. The summed E-state index contributed by atoms with van der Waals surface area (Å²) in [6, 6.07) is 4.23. The van der Waals surface area contributed by atoms with Crippen LogP contribution in [-0.4, -0.2) is 5.78 Å². The van der Waals surface area contributed by atoms with Gasteiger partial charge < -0.3 is 0 Å². The molecule has 0 amide bonds. The SMILES string of the molecule is CC.CCC(=O)c1ccc(F)cc1C. The molecular weight excluding hydrogens is 179 g/mol. The molecule has 0 N–H and O–H groups in total. The lowest BCUT2D eigenvalue weighted by molar-refractivity contribution is 0.0987. The quantitative estimate of drug-likeness (QED) is 0.658. The number of carbonyl (C=O) groups is 1. The highest BCUT2D eigenvalue weighted by Crippen LogP contribution is 2.11. The first-order chi connectivity index (χ1) is 6.65. The van der Waals surface area contributed by atoms with Crippen LogP contribution in [0.25, 0.3) is 0 Å². The summed E-state index contributed by atoms with van der Waals surface area (Å²) >= 11 is 0. The number of benzene rings is 1. The minimum Gasteiger partial charge on any atom is -0.294 e. The minimum atomic E-state index is -0.292. The fraction of sp³-hybridized carbons (Fsp3) is 0.417. The first-order valence-electron chi connectivity index (χ1n) is 4.94. The van der Waals surface area contributed by atoms with E-state index in [1.54, 1.807) is 13.8 Å². The molecular formula is C12H17FO. The zero-order valence-corrected chi connectivity index (χ0v) is 9.23. The van der Waals surface area contributed by atoms with Crippen molar-refractivity contribution in [1.82, 2.24) is 0 Å². The molecule has 0 bridgehead atoms. The molecule has 0 aliphatic rings. The maximum absolute atomic E-state index is 12.6. The van der Waals surface area contributed by atoms with Gasteiger partial charge in [-0.05, 0) is 30.7 Å². The van der Waals surface area contributed by atoms with Gasteiger partial charge in [-0.3, -0.25) is 4.79 Å². The van der Waals surface area contributed by atoms with Crippen LogP contribution in [0.1, 0.15) is 43.1 Å². The molecule has 2 heteroatoms. The summed E-state index contributed by atoms with van der Waals surface area (Å²) in [4.78, 5) is 11.2. The number of aryl methyl sites for hydroxylation is 1. The molecule has 1 aromatic rings. The highest BCUT2D eigenvalue weighted by molar-refractivity contribution is 5.97. The molecule has 0 unspecified atom stereocenters. The van der Waals surface area contributed by atoms with Crippen molar-refractivity contribution in [2.75, 3.05) is 0 Å². The Morgan fingerprint density at radius 3 is 2.36 bits per heavy atom. The van der Waals surface area contributed by atoms with Gasteiger partial charge in [0.05, 0.1) is 0 Å². The summed E-state index contributed by atoms with van der Waals surface area (Å²) in [6.45, 7) is 7.54. The molecule has 0 saturated heterocycles. The molecule has 0 saturated carbocycles. The first kappa shape index (κ1) is 12.8. The number of carbonyl (C=O) groups excluding carboxylic acids is 1. The Kier molecular flexibility index (Phi) is 5.77. The number of hydrogen-bond donors (Lipinski definition) is 0.